The smallest absolute Gasteiger partial charge is 0.00484 e. The van der Waals surface area contributed by atoms with Gasteiger partial charge in [-0.05, 0) is 25.9 Å². The van der Waals surface area contributed by atoms with E-state index >= 15 is 0 Å². The Kier molecular flexibility index (Phi) is 22.7. The van der Waals surface area contributed by atoms with Crippen molar-refractivity contribution in [3.63, 3.8) is 0 Å². The third kappa shape index (κ3) is 7.40. The molecule has 0 aliphatic carbocycles. The minimum Gasteiger partial charge on any atom is -1.00 e. The van der Waals surface area contributed by atoms with Crippen molar-refractivity contribution in [1.82, 2.24) is 5.32 Å². The molecule has 0 bridgehead atoms. The molecular weight excluding hydrogens is 302 g/mol. The van der Waals surface area contributed by atoms with Crippen molar-refractivity contribution in [1.29, 1.82) is 0 Å². The van der Waals surface area contributed by atoms with Crippen LogP contribution in [0.3, 0.4) is 0 Å². The lowest BCUT2D eigenvalue weighted by atomic mass is 10.4. The number of halogens is 3. The summed E-state index contributed by atoms with van der Waals surface area (Å²) in [6.07, 6.45) is 2.78. The van der Waals surface area contributed by atoms with E-state index in [1.165, 1.54) is 25.9 Å². The lowest BCUT2D eigenvalue weighted by Crippen LogP contribution is -3.00. The molecule has 4 heteroatoms. The highest BCUT2D eigenvalue weighted by molar-refractivity contribution is 4.55. The van der Waals surface area contributed by atoms with Crippen LogP contribution in [-0.4, -0.2) is 13.1 Å². The van der Waals surface area contributed by atoms with E-state index in [1.807, 2.05) is 0 Å². The third-order valence-electron chi connectivity index (χ3n) is 0.957. The van der Waals surface area contributed by atoms with E-state index in [-0.39, 0.29) is 50.9 Å². The molecule has 1 nitrogen and oxygen atoms in total. The first kappa shape index (κ1) is 16.2. The van der Waals surface area contributed by atoms with Gasteiger partial charge < -0.3 is 56.3 Å². The normalized spacial score (nSPS) is 15.0. The Labute approximate surface area is 81.9 Å². The predicted octanol–water partition coefficient (Wildman–Crippen LogP) is -8.62. The van der Waals surface area contributed by atoms with Gasteiger partial charge in [-0.2, -0.15) is 0 Å². The molecule has 1 N–H and O–H groups in total. The molecule has 1 heterocycles. The van der Waals surface area contributed by atoms with Gasteiger partial charge in [0.05, 0.1) is 0 Å². The summed E-state index contributed by atoms with van der Waals surface area (Å²) in [7, 11) is 0. The first-order valence-corrected chi connectivity index (χ1v) is 2.21. The average Bonchev–Trinajstić information content (AvgIpc) is 1.76. The van der Waals surface area contributed by atoms with Crippen molar-refractivity contribution in [3.05, 3.63) is 0 Å². The summed E-state index contributed by atoms with van der Waals surface area (Å²) in [5.74, 6) is 0. The summed E-state index contributed by atoms with van der Waals surface area (Å²) in [5.41, 5.74) is 0. The fourth-order valence-corrected chi connectivity index (χ4v) is 0.625. The maximum Gasteiger partial charge on any atom is -0.00484 e. The number of hydrogen-bond donors (Lipinski definition) is 1. The molecule has 1 aliphatic heterocycles. The molecule has 0 spiro atoms. The second-order valence-corrected chi connectivity index (χ2v) is 1.46. The Morgan fingerprint density at radius 1 is 0.750 bits per heavy atom. The summed E-state index contributed by atoms with van der Waals surface area (Å²) < 4.78 is 0. The van der Waals surface area contributed by atoms with Crippen molar-refractivity contribution in [2.75, 3.05) is 13.1 Å². The molecule has 0 unspecified atom stereocenters. The van der Waals surface area contributed by atoms with Crippen LogP contribution in [0.15, 0.2) is 0 Å². The van der Waals surface area contributed by atoms with E-state index in [0.29, 0.717) is 0 Å². The molecule has 0 aromatic heterocycles. The lowest BCUT2D eigenvalue weighted by Gasteiger charge is -1.76. The molecule has 1 saturated heterocycles. The molecule has 8 heavy (non-hydrogen) atoms. The zero-order valence-electron chi connectivity index (χ0n) is 4.46. The molecule has 0 amide bonds. The van der Waals surface area contributed by atoms with Gasteiger partial charge in [-0.3, -0.25) is 0 Å². The predicted molar refractivity (Wildman–Crippen MR) is 22.1 cm³/mol. The summed E-state index contributed by atoms with van der Waals surface area (Å²) in [4.78, 5) is 0. The van der Waals surface area contributed by atoms with Gasteiger partial charge in [0.15, 0.2) is 0 Å². The van der Waals surface area contributed by atoms with Crippen LogP contribution < -0.4 is 56.3 Å². The van der Waals surface area contributed by atoms with Gasteiger partial charge in [0.2, 0.25) is 0 Å². The Balaban J connectivity index is -0.0000000833. The van der Waals surface area contributed by atoms with Crippen LogP contribution in [0.1, 0.15) is 12.8 Å². The topological polar surface area (TPSA) is 12.0 Å². The summed E-state index contributed by atoms with van der Waals surface area (Å²) >= 11 is 0. The maximum absolute atomic E-state index is 3.22. The van der Waals surface area contributed by atoms with Crippen molar-refractivity contribution in [2.45, 2.75) is 12.8 Å². The van der Waals surface area contributed by atoms with Crippen molar-refractivity contribution < 1.29 is 50.9 Å². The number of rotatable bonds is 0. The lowest BCUT2D eigenvalue weighted by molar-refractivity contribution is -0.00100. The van der Waals surface area contributed by atoms with Crippen molar-refractivity contribution in [3.8, 4) is 0 Å². The monoisotopic (exact) mass is 308 g/mol. The van der Waals surface area contributed by atoms with Crippen LogP contribution >= 0.6 is 0 Å². The zero-order valence-corrected chi connectivity index (χ0v) is 9.22. The van der Waals surface area contributed by atoms with Crippen LogP contribution in [0.4, 0.5) is 0 Å². The highest BCUT2D eigenvalue weighted by Gasteiger charge is 1.93. The fourth-order valence-electron chi connectivity index (χ4n) is 0.625. The van der Waals surface area contributed by atoms with E-state index in [9.17, 15) is 0 Å². The molecule has 1 aliphatic rings. The number of hydrogen-bond acceptors (Lipinski definition) is 1. The second kappa shape index (κ2) is 11.2. The van der Waals surface area contributed by atoms with Gasteiger partial charge >= 0.3 is 0 Å². The van der Waals surface area contributed by atoms with E-state index in [1.54, 1.807) is 0 Å². The van der Waals surface area contributed by atoms with Gasteiger partial charge in [-0.15, -0.1) is 0 Å². The van der Waals surface area contributed by atoms with Crippen LogP contribution in [0, 0.1) is 0 Å². The molecule has 0 saturated carbocycles. The summed E-state index contributed by atoms with van der Waals surface area (Å²) in [5, 5.41) is 3.22. The molecule has 0 radical (unpaired) electrons. The highest BCUT2D eigenvalue weighted by atomic mass is 79.9. The fraction of sp³-hybridized carbons (Fsp3) is 1.00. The van der Waals surface area contributed by atoms with Crippen LogP contribution in [0.5, 0.6) is 0 Å². The molecule has 0 aromatic carbocycles. The van der Waals surface area contributed by atoms with Gasteiger partial charge in [0.1, 0.15) is 0 Å². The minimum absolute atomic E-state index is 0. The Bertz CT molecular complexity index is 22.9. The largest absolute Gasteiger partial charge is 1.00 e. The molecule has 1 rings (SSSR count). The molecule has 0 atom stereocenters. The summed E-state index contributed by atoms with van der Waals surface area (Å²) in [6.45, 7) is 2.50. The third-order valence-corrected chi connectivity index (χ3v) is 0.957. The van der Waals surface area contributed by atoms with E-state index < -0.39 is 0 Å². The summed E-state index contributed by atoms with van der Waals surface area (Å²) in [6, 6.07) is 0. The van der Waals surface area contributed by atoms with E-state index in [2.05, 4.69) is 5.32 Å². The Hall–Kier alpha value is 1.40. The van der Waals surface area contributed by atoms with E-state index in [0.717, 1.165) is 0 Å². The molecular formula is C4H9Br3N-3. The minimum atomic E-state index is 0. The van der Waals surface area contributed by atoms with Crippen LogP contribution in [0.2, 0.25) is 0 Å². The molecule has 1 fully saturated rings. The Morgan fingerprint density at radius 3 is 1.25 bits per heavy atom. The second-order valence-electron chi connectivity index (χ2n) is 1.46. The Morgan fingerprint density at radius 2 is 1.12 bits per heavy atom. The standard InChI is InChI=1S/C4H9N.3BrH/c1-2-4-5-3-1;;;/h5H,1-4H2;3*1H/p-3. The van der Waals surface area contributed by atoms with Gasteiger partial charge in [0.25, 0.3) is 0 Å². The molecule has 54 valence electrons. The van der Waals surface area contributed by atoms with Crippen molar-refractivity contribution in [2.24, 2.45) is 0 Å². The van der Waals surface area contributed by atoms with E-state index in [4.69, 9.17) is 0 Å². The van der Waals surface area contributed by atoms with Crippen LogP contribution in [-0.2, 0) is 0 Å². The average molecular weight is 311 g/mol. The highest BCUT2D eigenvalue weighted by Crippen LogP contribution is 1.90. The van der Waals surface area contributed by atoms with Gasteiger partial charge in [0, 0.05) is 0 Å². The van der Waals surface area contributed by atoms with Crippen LogP contribution in [0.25, 0.3) is 0 Å². The maximum atomic E-state index is 3.22. The quantitative estimate of drug-likeness (QED) is 0.469. The zero-order chi connectivity index (χ0) is 3.54. The first-order chi connectivity index (χ1) is 2.50. The first-order valence-electron chi connectivity index (χ1n) is 2.21. The van der Waals surface area contributed by atoms with Gasteiger partial charge in [-0.25, -0.2) is 0 Å². The number of nitrogens with one attached hydrogen (secondary N) is 1. The SMILES string of the molecule is C1CCNC1.[Br-].[Br-].[Br-]. The van der Waals surface area contributed by atoms with Gasteiger partial charge in [-0.1, -0.05) is 0 Å². The van der Waals surface area contributed by atoms with Crippen molar-refractivity contribution >= 4 is 0 Å². The molecule has 0 aromatic rings.